The van der Waals surface area contributed by atoms with E-state index in [-0.39, 0.29) is 5.75 Å². The van der Waals surface area contributed by atoms with Crippen LogP contribution in [-0.2, 0) is 0 Å². The van der Waals surface area contributed by atoms with Crippen molar-refractivity contribution >= 4 is 12.6 Å². The molecule has 0 spiro atoms. The fourth-order valence-corrected chi connectivity index (χ4v) is 1.17. The third-order valence-corrected chi connectivity index (χ3v) is 2.07. The lowest BCUT2D eigenvalue weighted by Crippen LogP contribution is -2.28. The number of aliphatic hydroxyl groups excluding tert-OH is 2. The number of hydrogen-bond acceptors (Lipinski definition) is 4. The SMILES string of the molecule is [O-][n+]1cccc(C(O)C(O)CS)c1. The highest BCUT2D eigenvalue weighted by molar-refractivity contribution is 7.80. The molecule has 1 aromatic heterocycles. The molecule has 2 N–H and O–H groups in total. The molecular formula is C8H11NO3S. The van der Waals surface area contributed by atoms with Crippen molar-refractivity contribution in [1.29, 1.82) is 0 Å². The first-order valence-electron chi connectivity index (χ1n) is 3.81. The summed E-state index contributed by atoms with van der Waals surface area (Å²) in [5.74, 6) is 0.148. The number of aromatic nitrogens is 1. The zero-order valence-corrected chi connectivity index (χ0v) is 7.76. The van der Waals surface area contributed by atoms with Crippen LogP contribution in [0.5, 0.6) is 0 Å². The first kappa shape index (κ1) is 10.3. The topological polar surface area (TPSA) is 67.4 Å². The van der Waals surface area contributed by atoms with Gasteiger partial charge in [0.1, 0.15) is 6.10 Å². The van der Waals surface area contributed by atoms with Gasteiger partial charge in [0, 0.05) is 17.4 Å². The highest BCUT2D eigenvalue weighted by Gasteiger charge is 2.18. The maximum atomic E-state index is 10.8. The van der Waals surface area contributed by atoms with Crippen LogP contribution in [0.2, 0.25) is 0 Å². The van der Waals surface area contributed by atoms with Crippen molar-refractivity contribution in [2.45, 2.75) is 12.2 Å². The molecule has 0 saturated heterocycles. The zero-order valence-electron chi connectivity index (χ0n) is 6.87. The number of thiol groups is 1. The van der Waals surface area contributed by atoms with Gasteiger partial charge in [-0.15, -0.1) is 0 Å². The van der Waals surface area contributed by atoms with Crippen molar-refractivity contribution in [2.24, 2.45) is 0 Å². The second kappa shape index (κ2) is 4.45. The Hall–Kier alpha value is -0.780. The number of pyridine rings is 1. The van der Waals surface area contributed by atoms with Crippen molar-refractivity contribution in [2.75, 3.05) is 5.75 Å². The van der Waals surface area contributed by atoms with Crippen LogP contribution in [-0.4, -0.2) is 22.1 Å². The van der Waals surface area contributed by atoms with E-state index in [1.54, 1.807) is 6.07 Å². The van der Waals surface area contributed by atoms with E-state index in [1.807, 2.05) is 0 Å². The second-order valence-corrected chi connectivity index (χ2v) is 3.06. The van der Waals surface area contributed by atoms with E-state index >= 15 is 0 Å². The summed E-state index contributed by atoms with van der Waals surface area (Å²) in [4.78, 5) is 0. The van der Waals surface area contributed by atoms with Crippen LogP contribution in [0.25, 0.3) is 0 Å². The summed E-state index contributed by atoms with van der Waals surface area (Å²) >= 11 is 3.84. The van der Waals surface area contributed by atoms with Gasteiger partial charge in [-0.25, -0.2) is 0 Å². The lowest BCUT2D eigenvalue weighted by Gasteiger charge is -2.14. The van der Waals surface area contributed by atoms with Crippen LogP contribution in [0.4, 0.5) is 0 Å². The third kappa shape index (κ3) is 2.58. The highest BCUT2D eigenvalue weighted by Crippen LogP contribution is 2.15. The standard InChI is InChI=1S/C8H11NO3S/c10-7(5-13)8(11)6-2-1-3-9(12)4-6/h1-4,7-8,10-11,13H,5H2. The normalized spacial score (nSPS) is 15.3. The van der Waals surface area contributed by atoms with E-state index in [0.717, 1.165) is 0 Å². The van der Waals surface area contributed by atoms with Crippen molar-refractivity contribution in [3.05, 3.63) is 35.3 Å². The molecule has 0 fully saturated rings. The highest BCUT2D eigenvalue weighted by atomic mass is 32.1. The Morgan fingerprint density at radius 3 is 2.77 bits per heavy atom. The fraction of sp³-hybridized carbons (Fsp3) is 0.375. The molecule has 0 aromatic carbocycles. The maximum Gasteiger partial charge on any atom is 0.186 e. The molecule has 1 aromatic rings. The Bertz CT molecular complexity index is 282. The van der Waals surface area contributed by atoms with Crippen LogP contribution >= 0.6 is 12.6 Å². The molecule has 5 heteroatoms. The molecule has 0 aliphatic heterocycles. The molecule has 72 valence electrons. The lowest BCUT2D eigenvalue weighted by molar-refractivity contribution is -0.606. The van der Waals surface area contributed by atoms with Gasteiger partial charge in [0.2, 0.25) is 0 Å². The summed E-state index contributed by atoms with van der Waals surface area (Å²) < 4.78 is 0.573. The van der Waals surface area contributed by atoms with Gasteiger partial charge in [-0.2, -0.15) is 17.4 Å². The molecule has 0 amide bonds. The average molecular weight is 201 g/mol. The van der Waals surface area contributed by atoms with Crippen molar-refractivity contribution in [3.63, 3.8) is 0 Å². The van der Waals surface area contributed by atoms with Gasteiger partial charge in [0.05, 0.1) is 6.10 Å². The van der Waals surface area contributed by atoms with Gasteiger partial charge in [-0.3, -0.25) is 0 Å². The molecule has 0 aliphatic rings. The van der Waals surface area contributed by atoms with Gasteiger partial charge in [-0.05, 0) is 6.07 Å². The van der Waals surface area contributed by atoms with Gasteiger partial charge in [-0.1, -0.05) is 0 Å². The summed E-state index contributed by atoms with van der Waals surface area (Å²) in [6, 6.07) is 3.09. The number of rotatable bonds is 3. The molecular weight excluding hydrogens is 190 g/mol. The molecule has 0 bridgehead atoms. The quantitative estimate of drug-likeness (QED) is 0.355. The Kier molecular flexibility index (Phi) is 3.53. The van der Waals surface area contributed by atoms with Gasteiger partial charge in [0.25, 0.3) is 0 Å². The van der Waals surface area contributed by atoms with Crippen LogP contribution < -0.4 is 4.73 Å². The van der Waals surface area contributed by atoms with Gasteiger partial charge >= 0.3 is 0 Å². The van der Waals surface area contributed by atoms with E-state index < -0.39 is 12.2 Å². The molecule has 2 atom stereocenters. The number of hydrogen-bond donors (Lipinski definition) is 3. The Morgan fingerprint density at radius 1 is 1.54 bits per heavy atom. The largest absolute Gasteiger partial charge is 0.619 e. The van der Waals surface area contributed by atoms with Crippen LogP contribution in [0, 0.1) is 5.21 Å². The van der Waals surface area contributed by atoms with E-state index in [9.17, 15) is 15.4 Å². The fourth-order valence-electron chi connectivity index (χ4n) is 0.969. The average Bonchev–Trinajstić information content (AvgIpc) is 2.15. The number of aliphatic hydroxyl groups is 2. The minimum Gasteiger partial charge on any atom is -0.619 e. The number of nitrogens with zero attached hydrogens (tertiary/aromatic N) is 1. The first-order chi connectivity index (χ1) is 6.15. The molecule has 1 heterocycles. The van der Waals surface area contributed by atoms with Crippen molar-refractivity contribution in [3.8, 4) is 0 Å². The van der Waals surface area contributed by atoms with E-state index in [0.29, 0.717) is 10.3 Å². The predicted octanol–water partition coefficient (Wildman–Crippen LogP) is -0.356. The Morgan fingerprint density at radius 2 is 2.23 bits per heavy atom. The molecule has 4 nitrogen and oxygen atoms in total. The van der Waals surface area contributed by atoms with Crippen LogP contribution in [0.15, 0.2) is 24.5 Å². The maximum absolute atomic E-state index is 10.8. The van der Waals surface area contributed by atoms with Gasteiger partial charge in [0.15, 0.2) is 12.4 Å². The van der Waals surface area contributed by atoms with Crippen molar-refractivity contribution < 1.29 is 14.9 Å². The minimum atomic E-state index is -1.06. The Labute approximate surface area is 81.4 Å². The predicted molar refractivity (Wildman–Crippen MR) is 50.2 cm³/mol. The van der Waals surface area contributed by atoms with E-state index in [1.165, 1.54) is 18.5 Å². The van der Waals surface area contributed by atoms with Crippen molar-refractivity contribution in [1.82, 2.24) is 0 Å². The van der Waals surface area contributed by atoms with E-state index in [2.05, 4.69) is 12.6 Å². The Balaban J connectivity index is 2.82. The molecule has 0 saturated carbocycles. The first-order valence-corrected chi connectivity index (χ1v) is 4.44. The smallest absolute Gasteiger partial charge is 0.186 e. The molecule has 1 rings (SSSR count). The molecule has 0 aliphatic carbocycles. The molecule has 2 unspecified atom stereocenters. The summed E-state index contributed by atoms with van der Waals surface area (Å²) in [6.45, 7) is 0. The van der Waals surface area contributed by atoms with Crippen LogP contribution in [0.3, 0.4) is 0 Å². The molecule has 13 heavy (non-hydrogen) atoms. The van der Waals surface area contributed by atoms with E-state index in [4.69, 9.17) is 0 Å². The zero-order chi connectivity index (χ0) is 9.84. The second-order valence-electron chi connectivity index (χ2n) is 2.69. The minimum absolute atomic E-state index is 0.148. The molecule has 0 radical (unpaired) electrons. The lowest BCUT2D eigenvalue weighted by atomic mass is 10.1. The summed E-state index contributed by atoms with van der Waals surface area (Å²) in [5.41, 5.74) is 0.388. The monoisotopic (exact) mass is 201 g/mol. The van der Waals surface area contributed by atoms with Gasteiger partial charge < -0.3 is 15.4 Å². The third-order valence-electron chi connectivity index (χ3n) is 1.69. The summed E-state index contributed by atoms with van der Waals surface area (Å²) in [6.07, 6.45) is 0.519. The summed E-state index contributed by atoms with van der Waals surface area (Å²) in [5, 5.41) is 29.5. The van der Waals surface area contributed by atoms with Crippen LogP contribution in [0.1, 0.15) is 11.7 Å². The summed E-state index contributed by atoms with van der Waals surface area (Å²) in [7, 11) is 0.